The third kappa shape index (κ3) is 4.43. The van der Waals surface area contributed by atoms with Crippen molar-refractivity contribution in [3.8, 4) is 5.75 Å². The van der Waals surface area contributed by atoms with Gasteiger partial charge in [-0.15, -0.1) is 0 Å². The van der Waals surface area contributed by atoms with Crippen molar-refractivity contribution in [2.75, 3.05) is 13.7 Å². The normalized spacial score (nSPS) is 10.1. The Balaban J connectivity index is 1.84. The van der Waals surface area contributed by atoms with Crippen LogP contribution in [0.5, 0.6) is 5.75 Å². The number of esters is 1. The molecule has 0 fully saturated rings. The van der Waals surface area contributed by atoms with Crippen molar-refractivity contribution >= 4 is 5.97 Å². The summed E-state index contributed by atoms with van der Waals surface area (Å²) < 4.78 is 9.82. The lowest BCUT2D eigenvalue weighted by molar-refractivity contribution is -0.142. The zero-order chi connectivity index (χ0) is 14.2. The molecule has 0 spiro atoms. The first kappa shape index (κ1) is 14.1. The Labute approximate surface area is 119 Å². The van der Waals surface area contributed by atoms with Crippen LogP contribution in [0.2, 0.25) is 0 Å². The molecule has 2 rings (SSSR count). The molecular formula is C17H18O3. The van der Waals surface area contributed by atoms with Crippen molar-refractivity contribution in [1.82, 2.24) is 0 Å². The van der Waals surface area contributed by atoms with Crippen molar-refractivity contribution in [1.29, 1.82) is 0 Å². The lowest BCUT2D eigenvalue weighted by atomic mass is 10.0. The number of hydrogen-bond donors (Lipinski definition) is 0. The average Bonchev–Trinajstić information content (AvgIpc) is 2.52. The van der Waals surface area contributed by atoms with Crippen LogP contribution >= 0.6 is 0 Å². The first-order chi connectivity index (χ1) is 9.78. The predicted molar refractivity (Wildman–Crippen MR) is 77.8 cm³/mol. The van der Waals surface area contributed by atoms with E-state index in [2.05, 4.69) is 29.0 Å². The molecule has 0 aromatic heterocycles. The van der Waals surface area contributed by atoms with Crippen LogP contribution in [0.4, 0.5) is 0 Å². The minimum atomic E-state index is -0.377. The minimum absolute atomic E-state index is 0.0557. The van der Waals surface area contributed by atoms with E-state index < -0.39 is 0 Å². The highest BCUT2D eigenvalue weighted by Gasteiger charge is 2.02. The fourth-order valence-electron chi connectivity index (χ4n) is 1.89. The van der Waals surface area contributed by atoms with Gasteiger partial charge in [-0.25, -0.2) is 4.79 Å². The number of carbonyl (C=O) groups excluding carboxylic acids is 1. The summed E-state index contributed by atoms with van der Waals surface area (Å²) in [4.78, 5) is 11.0. The van der Waals surface area contributed by atoms with Crippen molar-refractivity contribution in [2.45, 2.75) is 12.8 Å². The minimum Gasteiger partial charge on any atom is -0.482 e. The van der Waals surface area contributed by atoms with Crippen LogP contribution in [0.3, 0.4) is 0 Å². The van der Waals surface area contributed by atoms with Gasteiger partial charge in [0.25, 0.3) is 0 Å². The molecule has 2 aromatic rings. The second kappa shape index (κ2) is 7.34. The molecule has 20 heavy (non-hydrogen) atoms. The molecule has 0 heterocycles. The van der Waals surface area contributed by atoms with Gasteiger partial charge in [-0.3, -0.25) is 0 Å². The molecule has 3 nitrogen and oxygen atoms in total. The van der Waals surface area contributed by atoms with Crippen molar-refractivity contribution in [2.24, 2.45) is 0 Å². The summed E-state index contributed by atoms with van der Waals surface area (Å²) >= 11 is 0. The first-order valence-corrected chi connectivity index (χ1v) is 6.60. The van der Waals surface area contributed by atoms with Gasteiger partial charge >= 0.3 is 5.97 Å². The van der Waals surface area contributed by atoms with Gasteiger partial charge in [-0.1, -0.05) is 42.5 Å². The Morgan fingerprint density at radius 3 is 2.10 bits per heavy atom. The molecule has 3 heteroatoms. The van der Waals surface area contributed by atoms with Crippen LogP contribution in [-0.2, 0) is 22.4 Å². The average molecular weight is 270 g/mol. The van der Waals surface area contributed by atoms with E-state index in [1.54, 1.807) is 0 Å². The molecule has 2 aromatic carbocycles. The van der Waals surface area contributed by atoms with Gasteiger partial charge in [0.05, 0.1) is 7.11 Å². The summed E-state index contributed by atoms with van der Waals surface area (Å²) in [6.07, 6.45) is 2.00. The molecule has 0 unspecified atom stereocenters. The van der Waals surface area contributed by atoms with E-state index in [-0.39, 0.29) is 12.6 Å². The summed E-state index contributed by atoms with van der Waals surface area (Å²) in [6, 6.07) is 18.2. The molecule has 0 saturated heterocycles. The number of carbonyl (C=O) groups is 1. The maximum atomic E-state index is 11.0. The van der Waals surface area contributed by atoms with E-state index in [1.807, 2.05) is 30.3 Å². The molecule has 0 atom stereocenters. The maximum Gasteiger partial charge on any atom is 0.343 e. The zero-order valence-corrected chi connectivity index (χ0v) is 11.5. The van der Waals surface area contributed by atoms with Crippen LogP contribution in [0.25, 0.3) is 0 Å². The molecule has 0 amide bonds. The first-order valence-electron chi connectivity index (χ1n) is 6.60. The van der Waals surface area contributed by atoms with Gasteiger partial charge in [0.1, 0.15) is 5.75 Å². The summed E-state index contributed by atoms with van der Waals surface area (Å²) in [5.74, 6) is 0.303. The third-order valence-corrected chi connectivity index (χ3v) is 3.05. The third-order valence-electron chi connectivity index (χ3n) is 3.05. The quantitative estimate of drug-likeness (QED) is 0.757. The summed E-state index contributed by atoms with van der Waals surface area (Å²) in [7, 11) is 1.35. The lowest BCUT2D eigenvalue weighted by Crippen LogP contribution is -2.12. The van der Waals surface area contributed by atoms with Crippen molar-refractivity contribution in [3.63, 3.8) is 0 Å². The summed E-state index contributed by atoms with van der Waals surface area (Å²) in [5.41, 5.74) is 2.58. The van der Waals surface area contributed by atoms with Gasteiger partial charge in [0, 0.05) is 0 Å². The Hall–Kier alpha value is -2.29. The molecule has 0 aliphatic carbocycles. The Morgan fingerprint density at radius 1 is 0.900 bits per heavy atom. The van der Waals surface area contributed by atoms with Gasteiger partial charge in [0.2, 0.25) is 0 Å². The van der Waals surface area contributed by atoms with E-state index in [4.69, 9.17) is 4.74 Å². The van der Waals surface area contributed by atoms with Crippen molar-refractivity contribution < 1.29 is 14.3 Å². The number of aryl methyl sites for hydroxylation is 2. The van der Waals surface area contributed by atoms with E-state index >= 15 is 0 Å². The number of rotatable bonds is 6. The molecule has 0 saturated carbocycles. The smallest absolute Gasteiger partial charge is 0.343 e. The predicted octanol–water partition coefficient (Wildman–Crippen LogP) is 3.02. The summed E-state index contributed by atoms with van der Waals surface area (Å²) in [6.45, 7) is -0.0557. The molecule has 0 aliphatic heterocycles. The monoisotopic (exact) mass is 270 g/mol. The Bertz CT molecular complexity index is 532. The van der Waals surface area contributed by atoms with Gasteiger partial charge < -0.3 is 9.47 Å². The standard InChI is InChI=1S/C17H18O3/c1-19-17(18)13-20-16-11-9-15(10-12-16)8-7-14-5-3-2-4-6-14/h2-6,9-12H,7-8,13H2,1H3. The number of benzene rings is 2. The molecule has 0 aliphatic rings. The van der Waals surface area contributed by atoms with E-state index in [1.165, 1.54) is 18.2 Å². The SMILES string of the molecule is COC(=O)COc1ccc(CCc2ccccc2)cc1. The highest BCUT2D eigenvalue weighted by molar-refractivity contribution is 5.70. The highest BCUT2D eigenvalue weighted by Crippen LogP contribution is 2.14. The summed E-state index contributed by atoms with van der Waals surface area (Å²) in [5, 5.41) is 0. The lowest BCUT2D eigenvalue weighted by Gasteiger charge is -2.06. The van der Waals surface area contributed by atoms with Crippen molar-refractivity contribution in [3.05, 3.63) is 65.7 Å². The van der Waals surface area contributed by atoms with Crippen LogP contribution in [0.1, 0.15) is 11.1 Å². The Kier molecular flexibility index (Phi) is 5.18. The zero-order valence-electron chi connectivity index (χ0n) is 11.5. The van der Waals surface area contributed by atoms with Crippen LogP contribution in [0.15, 0.2) is 54.6 Å². The number of ether oxygens (including phenoxy) is 2. The topological polar surface area (TPSA) is 35.5 Å². The Morgan fingerprint density at radius 2 is 1.50 bits per heavy atom. The fourth-order valence-corrected chi connectivity index (χ4v) is 1.89. The molecule has 0 N–H and O–H groups in total. The molecular weight excluding hydrogens is 252 g/mol. The van der Waals surface area contributed by atoms with Crippen LogP contribution in [0, 0.1) is 0 Å². The van der Waals surface area contributed by atoms with E-state index in [9.17, 15) is 4.79 Å². The maximum absolute atomic E-state index is 11.0. The number of methoxy groups -OCH3 is 1. The second-order valence-electron chi connectivity index (χ2n) is 4.49. The second-order valence-corrected chi connectivity index (χ2v) is 4.49. The van der Waals surface area contributed by atoms with Gasteiger partial charge in [-0.05, 0) is 36.1 Å². The van der Waals surface area contributed by atoms with E-state index in [0.717, 1.165) is 12.8 Å². The van der Waals surface area contributed by atoms with Gasteiger partial charge in [-0.2, -0.15) is 0 Å². The largest absolute Gasteiger partial charge is 0.482 e. The molecule has 0 bridgehead atoms. The fraction of sp³-hybridized carbons (Fsp3) is 0.235. The van der Waals surface area contributed by atoms with Crippen LogP contribution in [-0.4, -0.2) is 19.7 Å². The van der Waals surface area contributed by atoms with E-state index in [0.29, 0.717) is 5.75 Å². The van der Waals surface area contributed by atoms with Gasteiger partial charge in [0.15, 0.2) is 6.61 Å². The number of hydrogen-bond acceptors (Lipinski definition) is 3. The van der Waals surface area contributed by atoms with Crippen LogP contribution < -0.4 is 4.74 Å². The molecule has 0 radical (unpaired) electrons. The highest BCUT2D eigenvalue weighted by atomic mass is 16.6. The molecule has 104 valence electrons.